The average Bonchev–Trinajstić information content (AvgIpc) is 2.15. The topological polar surface area (TPSA) is 69.0 Å². The van der Waals surface area contributed by atoms with Gasteiger partial charge in [-0.25, -0.2) is 0 Å². The number of aliphatic hydroxyl groups is 1. The fourth-order valence-electron chi connectivity index (χ4n) is 0.764. The predicted molar refractivity (Wildman–Crippen MR) is 46.2 cm³/mol. The molecule has 1 aromatic rings. The second-order valence-corrected chi connectivity index (χ2v) is 2.09. The molecule has 0 saturated carbocycles. The normalized spacial score (nSPS) is 10.5. The van der Waals surface area contributed by atoms with Crippen molar-refractivity contribution in [2.24, 2.45) is 5.11 Å². The number of azide groups is 1. The van der Waals surface area contributed by atoms with Crippen LogP contribution in [-0.2, 0) is 0 Å². The van der Waals surface area contributed by atoms with E-state index in [9.17, 15) is 5.11 Å². The van der Waals surface area contributed by atoms with Crippen molar-refractivity contribution < 1.29 is 5.11 Å². The molecule has 0 aromatic heterocycles. The third-order valence-corrected chi connectivity index (χ3v) is 1.30. The van der Waals surface area contributed by atoms with Crippen LogP contribution >= 0.6 is 0 Å². The van der Waals surface area contributed by atoms with Crippen molar-refractivity contribution in [3.63, 3.8) is 0 Å². The first-order valence-electron chi connectivity index (χ1n) is 3.33. The highest BCUT2D eigenvalue weighted by Gasteiger charge is 1.93. The Morgan fingerprint density at radius 1 is 1.42 bits per heavy atom. The first-order chi connectivity index (χ1) is 5.84. The van der Waals surface area contributed by atoms with Gasteiger partial charge in [0.25, 0.3) is 0 Å². The van der Waals surface area contributed by atoms with Crippen LogP contribution in [0, 0.1) is 0 Å². The van der Waals surface area contributed by atoms with Gasteiger partial charge in [0.1, 0.15) is 5.76 Å². The van der Waals surface area contributed by atoms with Gasteiger partial charge in [0.05, 0.1) is 0 Å². The summed E-state index contributed by atoms with van der Waals surface area (Å²) in [7, 11) is 0. The van der Waals surface area contributed by atoms with Crippen LogP contribution in [0.15, 0.2) is 41.6 Å². The summed E-state index contributed by atoms with van der Waals surface area (Å²) in [6.45, 7) is 0. The minimum Gasteiger partial charge on any atom is -0.507 e. The van der Waals surface area contributed by atoms with E-state index in [0.29, 0.717) is 5.56 Å². The first-order valence-corrected chi connectivity index (χ1v) is 3.33. The van der Waals surface area contributed by atoms with E-state index in [-0.39, 0.29) is 5.76 Å². The van der Waals surface area contributed by atoms with Gasteiger partial charge in [-0.2, -0.15) is 0 Å². The van der Waals surface area contributed by atoms with Gasteiger partial charge in [-0.05, 0) is 5.53 Å². The van der Waals surface area contributed by atoms with Crippen molar-refractivity contribution in [1.29, 1.82) is 0 Å². The Morgan fingerprint density at radius 3 is 2.67 bits per heavy atom. The molecule has 0 bridgehead atoms. The molecule has 0 aliphatic carbocycles. The molecule has 0 aliphatic heterocycles. The van der Waals surface area contributed by atoms with Crippen molar-refractivity contribution >= 4 is 5.76 Å². The first kappa shape index (κ1) is 8.17. The molecule has 0 unspecified atom stereocenters. The van der Waals surface area contributed by atoms with Gasteiger partial charge in [-0.15, -0.1) is 0 Å². The Labute approximate surface area is 69.4 Å². The van der Waals surface area contributed by atoms with Gasteiger partial charge in [0.15, 0.2) is 0 Å². The average molecular weight is 161 g/mol. The zero-order valence-corrected chi connectivity index (χ0v) is 6.25. The van der Waals surface area contributed by atoms with E-state index in [4.69, 9.17) is 5.53 Å². The molecule has 0 fully saturated rings. The highest BCUT2D eigenvalue weighted by Crippen LogP contribution is 2.09. The van der Waals surface area contributed by atoms with Crippen LogP contribution in [0.3, 0.4) is 0 Å². The van der Waals surface area contributed by atoms with Gasteiger partial charge >= 0.3 is 0 Å². The van der Waals surface area contributed by atoms with Crippen LogP contribution in [0.1, 0.15) is 5.56 Å². The minimum absolute atomic E-state index is 0.0339. The molecular weight excluding hydrogens is 154 g/mol. The molecule has 0 saturated heterocycles. The molecule has 0 spiro atoms. The summed E-state index contributed by atoms with van der Waals surface area (Å²) in [5.41, 5.74) is 8.59. The molecule has 4 heteroatoms. The highest BCUT2D eigenvalue weighted by atomic mass is 16.3. The van der Waals surface area contributed by atoms with Gasteiger partial charge in [0, 0.05) is 16.7 Å². The van der Waals surface area contributed by atoms with Gasteiger partial charge in [0.2, 0.25) is 0 Å². The monoisotopic (exact) mass is 161 g/mol. The molecule has 0 radical (unpaired) electrons. The van der Waals surface area contributed by atoms with Crippen molar-refractivity contribution in [2.75, 3.05) is 0 Å². The number of nitrogens with zero attached hydrogens (tertiary/aromatic N) is 3. The van der Waals surface area contributed by atoms with Crippen molar-refractivity contribution in [1.82, 2.24) is 0 Å². The third kappa shape index (κ3) is 2.04. The zero-order chi connectivity index (χ0) is 8.81. The Bertz CT molecular complexity index is 325. The maximum atomic E-state index is 9.25. The summed E-state index contributed by atoms with van der Waals surface area (Å²) < 4.78 is 0. The summed E-state index contributed by atoms with van der Waals surface area (Å²) in [5, 5.41) is 12.4. The van der Waals surface area contributed by atoms with E-state index in [1.54, 1.807) is 24.3 Å². The number of hydrogen-bond donors (Lipinski definition) is 1. The second kappa shape index (κ2) is 4.05. The number of rotatable bonds is 2. The Hall–Kier alpha value is -1.93. The van der Waals surface area contributed by atoms with E-state index in [1.807, 2.05) is 6.07 Å². The maximum absolute atomic E-state index is 9.25. The minimum atomic E-state index is -0.0339. The van der Waals surface area contributed by atoms with Crippen LogP contribution in [-0.4, -0.2) is 5.11 Å². The fraction of sp³-hybridized carbons (Fsp3) is 0. The summed E-state index contributed by atoms with van der Waals surface area (Å²) >= 11 is 0. The molecule has 12 heavy (non-hydrogen) atoms. The van der Waals surface area contributed by atoms with Crippen LogP contribution < -0.4 is 0 Å². The lowest BCUT2D eigenvalue weighted by Crippen LogP contribution is -1.79. The molecule has 0 atom stereocenters. The van der Waals surface area contributed by atoms with Gasteiger partial charge < -0.3 is 5.11 Å². The molecule has 60 valence electrons. The zero-order valence-electron chi connectivity index (χ0n) is 6.25. The summed E-state index contributed by atoms with van der Waals surface area (Å²) in [4.78, 5) is 2.49. The van der Waals surface area contributed by atoms with E-state index in [2.05, 4.69) is 10.0 Å². The summed E-state index contributed by atoms with van der Waals surface area (Å²) in [5.74, 6) is -0.0339. The second-order valence-electron chi connectivity index (χ2n) is 2.09. The lowest BCUT2D eigenvalue weighted by molar-refractivity contribution is 0.510. The van der Waals surface area contributed by atoms with Crippen molar-refractivity contribution in [2.45, 2.75) is 0 Å². The summed E-state index contributed by atoms with van der Waals surface area (Å²) in [6, 6.07) is 8.85. The molecular formula is C8H7N3O. The Kier molecular flexibility index (Phi) is 2.76. The Balaban J connectivity index is 2.92. The number of benzene rings is 1. The van der Waals surface area contributed by atoms with Gasteiger partial charge in [-0.1, -0.05) is 35.4 Å². The molecule has 1 N–H and O–H groups in total. The Morgan fingerprint density at radius 2 is 2.08 bits per heavy atom. The molecule has 1 rings (SSSR count). The predicted octanol–water partition coefficient (Wildman–Crippen LogP) is 2.85. The van der Waals surface area contributed by atoms with Crippen LogP contribution in [0.2, 0.25) is 0 Å². The van der Waals surface area contributed by atoms with E-state index in [0.717, 1.165) is 6.20 Å². The molecule has 0 heterocycles. The highest BCUT2D eigenvalue weighted by molar-refractivity contribution is 5.57. The molecule has 0 amide bonds. The van der Waals surface area contributed by atoms with Crippen molar-refractivity contribution in [3.8, 4) is 0 Å². The number of aliphatic hydroxyl groups excluding tert-OH is 1. The third-order valence-electron chi connectivity index (χ3n) is 1.30. The van der Waals surface area contributed by atoms with Gasteiger partial charge in [-0.3, -0.25) is 0 Å². The SMILES string of the molecule is [N-]=[N+]=N/C=C(\O)c1ccccc1. The number of hydrogen-bond acceptors (Lipinski definition) is 2. The smallest absolute Gasteiger partial charge is 0.125 e. The van der Waals surface area contributed by atoms with E-state index in [1.165, 1.54) is 0 Å². The quantitative estimate of drug-likeness (QED) is 0.308. The van der Waals surface area contributed by atoms with Crippen LogP contribution in [0.4, 0.5) is 0 Å². The summed E-state index contributed by atoms with van der Waals surface area (Å²) in [6.07, 6.45) is 1.06. The van der Waals surface area contributed by atoms with E-state index >= 15 is 0 Å². The molecule has 1 aromatic carbocycles. The maximum Gasteiger partial charge on any atom is 0.125 e. The fourth-order valence-corrected chi connectivity index (χ4v) is 0.764. The lowest BCUT2D eigenvalue weighted by Gasteiger charge is -1.95. The van der Waals surface area contributed by atoms with E-state index < -0.39 is 0 Å². The van der Waals surface area contributed by atoms with Crippen LogP contribution in [0.5, 0.6) is 0 Å². The largest absolute Gasteiger partial charge is 0.507 e. The van der Waals surface area contributed by atoms with Crippen molar-refractivity contribution in [3.05, 3.63) is 52.5 Å². The molecule has 0 aliphatic rings. The molecule has 4 nitrogen and oxygen atoms in total. The van der Waals surface area contributed by atoms with Crippen LogP contribution in [0.25, 0.3) is 16.2 Å². The lowest BCUT2D eigenvalue weighted by atomic mass is 10.2. The standard InChI is InChI=1S/C8H7N3O/c9-11-10-6-8(12)7-4-2-1-3-5-7/h1-6,12H/b8-6-.